The molecule has 0 atom stereocenters. The third-order valence-electron chi connectivity index (χ3n) is 6.16. The van der Waals surface area contributed by atoms with Crippen molar-refractivity contribution in [1.29, 1.82) is 0 Å². The van der Waals surface area contributed by atoms with Crippen LogP contribution in [-0.4, -0.2) is 24.4 Å². The van der Waals surface area contributed by atoms with E-state index in [-0.39, 0.29) is 33.5 Å². The zero-order valence-electron chi connectivity index (χ0n) is 20.3. The third-order valence-corrected chi connectivity index (χ3v) is 8.50. The van der Waals surface area contributed by atoms with Gasteiger partial charge in [-0.05, 0) is 65.2 Å². The Bertz CT molecular complexity index is 1870. The van der Waals surface area contributed by atoms with Crippen LogP contribution in [0.25, 0.3) is 22.1 Å². The van der Waals surface area contributed by atoms with Gasteiger partial charge in [0.25, 0.3) is 15.7 Å². The summed E-state index contributed by atoms with van der Waals surface area (Å²) >= 11 is 11.9. The second-order valence-corrected chi connectivity index (χ2v) is 11.4. The summed E-state index contributed by atoms with van der Waals surface area (Å²) in [6.07, 6.45) is 0. The lowest BCUT2D eigenvalue weighted by Gasteiger charge is -2.25. The Balaban J connectivity index is 1.58. The topological polar surface area (TPSA) is 131 Å². The minimum Gasteiger partial charge on any atom is -0.475 e. The number of aromatic carboxylic acids is 1. The number of fused-ring (bicyclic) bond motifs is 1. The second kappa shape index (κ2) is 10.6. The van der Waals surface area contributed by atoms with Crippen LogP contribution in [0, 0.1) is 10.1 Å². The van der Waals surface area contributed by atoms with Crippen LogP contribution in [0.4, 0.5) is 11.4 Å². The van der Waals surface area contributed by atoms with Crippen molar-refractivity contribution < 1.29 is 27.7 Å². The zero-order valence-corrected chi connectivity index (χ0v) is 22.7. The number of nitrogens with zero attached hydrogens (tertiary/aromatic N) is 2. The number of carboxylic acids is 1. The summed E-state index contributed by atoms with van der Waals surface area (Å²) in [7, 11) is -4.36. The molecular weight excluding hydrogens is 579 g/mol. The van der Waals surface area contributed by atoms with Gasteiger partial charge in [-0.1, -0.05) is 59.6 Å². The molecule has 9 nitrogen and oxygen atoms in total. The summed E-state index contributed by atoms with van der Waals surface area (Å²) in [4.78, 5) is 21.7. The van der Waals surface area contributed by atoms with E-state index in [2.05, 4.69) is 0 Å². The molecule has 1 heterocycles. The van der Waals surface area contributed by atoms with Crippen LogP contribution in [0.2, 0.25) is 10.0 Å². The Labute approximate surface area is 238 Å². The molecule has 1 aromatic heterocycles. The van der Waals surface area contributed by atoms with Crippen molar-refractivity contribution in [3.05, 3.63) is 122 Å². The van der Waals surface area contributed by atoms with Gasteiger partial charge >= 0.3 is 5.97 Å². The van der Waals surface area contributed by atoms with Crippen LogP contribution in [-0.2, 0) is 16.6 Å². The largest absolute Gasteiger partial charge is 0.475 e. The molecule has 0 saturated carbocycles. The Hall–Kier alpha value is -4.38. The number of nitro groups is 1. The normalized spacial score (nSPS) is 11.4. The average molecular weight is 597 g/mol. The molecular formula is C28H18Cl2N2O7S. The molecule has 12 heteroatoms. The molecule has 0 aliphatic heterocycles. The summed E-state index contributed by atoms with van der Waals surface area (Å²) in [5.74, 6) is -1.57. The fraction of sp³-hybridized carbons (Fsp3) is 0.0357. The molecule has 0 spiro atoms. The first-order valence-corrected chi connectivity index (χ1v) is 13.8. The Kier molecular flexibility index (Phi) is 7.24. The van der Waals surface area contributed by atoms with Crippen molar-refractivity contribution in [1.82, 2.24) is 0 Å². The maximum Gasteiger partial charge on any atom is 0.371 e. The lowest BCUT2D eigenvalue weighted by atomic mass is 10.0. The lowest BCUT2D eigenvalue weighted by molar-refractivity contribution is -0.384. The van der Waals surface area contributed by atoms with Gasteiger partial charge in [-0.3, -0.25) is 14.4 Å². The number of furan rings is 1. The standard InChI is InChI=1S/C28H18Cl2N2O7S/c29-21-7-5-19(6-8-21)18-3-1-17(2-4-18)16-31(22-9-12-26-20(13-22)14-27(39-26)28(33)34)40(37,38)23-10-11-24(30)25(15-23)32(35)36/h1-15H,16H2,(H,33,34). The van der Waals surface area contributed by atoms with E-state index in [4.69, 9.17) is 27.6 Å². The molecule has 0 aliphatic carbocycles. The SMILES string of the molecule is O=C(O)c1cc2cc(N(Cc3ccc(-c4ccc(Cl)cc4)cc3)S(=O)(=O)c3ccc(Cl)c([N+](=O)[O-])c3)ccc2o1. The smallest absolute Gasteiger partial charge is 0.371 e. The first-order chi connectivity index (χ1) is 19.0. The molecule has 0 saturated heterocycles. The number of nitro benzene ring substituents is 1. The van der Waals surface area contributed by atoms with Gasteiger partial charge < -0.3 is 9.52 Å². The highest BCUT2D eigenvalue weighted by Crippen LogP contribution is 2.34. The predicted octanol–water partition coefficient (Wildman–Crippen LogP) is 7.41. The molecule has 0 unspecified atom stereocenters. The van der Waals surface area contributed by atoms with Gasteiger partial charge in [-0.25, -0.2) is 13.2 Å². The Morgan fingerprint density at radius 3 is 2.17 bits per heavy atom. The van der Waals surface area contributed by atoms with E-state index in [1.165, 1.54) is 30.3 Å². The highest BCUT2D eigenvalue weighted by Gasteiger charge is 2.29. The highest BCUT2D eigenvalue weighted by atomic mass is 35.5. The molecule has 0 aliphatic rings. The van der Waals surface area contributed by atoms with Gasteiger partial charge in [0.15, 0.2) is 0 Å². The monoisotopic (exact) mass is 596 g/mol. The number of hydrogen-bond donors (Lipinski definition) is 1. The highest BCUT2D eigenvalue weighted by molar-refractivity contribution is 7.92. The summed E-state index contributed by atoms with van der Waals surface area (Å²) in [5.41, 5.74) is 2.35. The number of halogens is 2. The van der Waals surface area contributed by atoms with Crippen molar-refractivity contribution in [2.45, 2.75) is 11.4 Å². The van der Waals surface area contributed by atoms with E-state index in [9.17, 15) is 28.4 Å². The van der Waals surface area contributed by atoms with Gasteiger partial charge in [0.1, 0.15) is 10.6 Å². The molecule has 0 amide bonds. The molecule has 5 aromatic rings. The van der Waals surface area contributed by atoms with Crippen molar-refractivity contribution in [3.63, 3.8) is 0 Å². The van der Waals surface area contributed by atoms with Crippen LogP contribution in [0.1, 0.15) is 16.1 Å². The third kappa shape index (κ3) is 5.37. The minimum atomic E-state index is -4.36. The number of sulfonamides is 1. The fourth-order valence-corrected chi connectivity index (χ4v) is 5.91. The quantitative estimate of drug-likeness (QED) is 0.146. The fourth-order valence-electron chi connectivity index (χ4n) is 4.14. The number of carbonyl (C=O) groups is 1. The van der Waals surface area contributed by atoms with E-state index >= 15 is 0 Å². The van der Waals surface area contributed by atoms with E-state index in [1.807, 2.05) is 24.3 Å². The molecule has 0 bridgehead atoms. The molecule has 0 fully saturated rings. The average Bonchev–Trinajstić information content (AvgIpc) is 3.36. The summed E-state index contributed by atoms with van der Waals surface area (Å²) in [6, 6.07) is 23.5. The van der Waals surface area contributed by atoms with Crippen LogP contribution in [0.15, 0.2) is 100 Å². The summed E-state index contributed by atoms with van der Waals surface area (Å²) in [6.45, 7) is -0.130. The van der Waals surface area contributed by atoms with Crippen molar-refractivity contribution in [3.8, 4) is 11.1 Å². The first kappa shape index (κ1) is 27.2. The van der Waals surface area contributed by atoms with Crippen LogP contribution < -0.4 is 4.31 Å². The Morgan fingerprint density at radius 2 is 1.55 bits per heavy atom. The van der Waals surface area contributed by atoms with Gasteiger partial charge in [-0.15, -0.1) is 0 Å². The molecule has 1 N–H and O–H groups in total. The van der Waals surface area contributed by atoms with Crippen LogP contribution in [0.5, 0.6) is 0 Å². The number of anilines is 1. The minimum absolute atomic E-state index is 0.130. The predicted molar refractivity (Wildman–Crippen MR) is 152 cm³/mol. The van der Waals surface area contributed by atoms with Crippen LogP contribution >= 0.6 is 23.2 Å². The second-order valence-electron chi connectivity index (χ2n) is 8.72. The van der Waals surface area contributed by atoms with Crippen molar-refractivity contribution in [2.24, 2.45) is 0 Å². The maximum absolute atomic E-state index is 13.9. The van der Waals surface area contributed by atoms with E-state index < -0.39 is 26.6 Å². The number of benzene rings is 4. The molecule has 5 rings (SSSR count). The van der Waals surface area contributed by atoms with Gasteiger partial charge in [0, 0.05) is 16.5 Å². The number of carboxylic acid groups (broad SMARTS) is 1. The number of rotatable bonds is 8. The Morgan fingerprint density at radius 1 is 0.900 bits per heavy atom. The first-order valence-electron chi connectivity index (χ1n) is 11.6. The zero-order chi connectivity index (χ0) is 28.6. The number of hydrogen-bond acceptors (Lipinski definition) is 6. The molecule has 40 heavy (non-hydrogen) atoms. The van der Waals surface area contributed by atoms with Gasteiger partial charge in [-0.2, -0.15) is 0 Å². The van der Waals surface area contributed by atoms with Crippen molar-refractivity contribution in [2.75, 3.05) is 4.31 Å². The summed E-state index contributed by atoms with van der Waals surface area (Å²) in [5, 5.41) is 21.5. The molecule has 202 valence electrons. The maximum atomic E-state index is 13.9. The van der Waals surface area contributed by atoms with Crippen LogP contribution in [0.3, 0.4) is 0 Å². The van der Waals surface area contributed by atoms with E-state index in [0.29, 0.717) is 16.0 Å². The van der Waals surface area contributed by atoms with Crippen molar-refractivity contribution >= 4 is 61.5 Å². The molecule has 0 radical (unpaired) electrons. The van der Waals surface area contributed by atoms with Gasteiger partial charge in [0.2, 0.25) is 5.76 Å². The summed E-state index contributed by atoms with van der Waals surface area (Å²) < 4.78 is 34.2. The van der Waals surface area contributed by atoms with E-state index in [0.717, 1.165) is 27.6 Å². The molecule has 4 aromatic carbocycles. The lowest BCUT2D eigenvalue weighted by Crippen LogP contribution is -2.30. The van der Waals surface area contributed by atoms with Gasteiger partial charge in [0.05, 0.1) is 22.1 Å². The van der Waals surface area contributed by atoms with E-state index in [1.54, 1.807) is 24.3 Å².